The number of pyridine rings is 1. The highest BCUT2D eigenvalue weighted by Crippen LogP contribution is 2.32. The Balaban J connectivity index is 1.57. The first-order valence-electron chi connectivity index (χ1n) is 9.22. The van der Waals surface area contributed by atoms with Crippen LogP contribution in [-0.4, -0.2) is 43.8 Å². The second-order valence-corrected chi connectivity index (χ2v) is 7.41. The first-order chi connectivity index (χ1) is 12.3. The highest BCUT2D eigenvalue weighted by molar-refractivity contribution is 5.76. The normalized spacial score (nSPS) is 16.7. The lowest BCUT2D eigenvalue weighted by atomic mass is 9.87. The number of aliphatic hydroxyl groups is 1. The van der Waals surface area contributed by atoms with E-state index < -0.39 is 5.60 Å². The molecule has 26 heavy (non-hydrogen) atoms. The Morgan fingerprint density at radius 3 is 2.46 bits per heavy atom. The third-order valence-electron chi connectivity index (χ3n) is 5.58. The van der Waals surface area contributed by atoms with Crippen LogP contribution in [-0.2, 0) is 23.9 Å². The molecule has 6 heteroatoms. The van der Waals surface area contributed by atoms with Crippen molar-refractivity contribution in [3.05, 3.63) is 46.5 Å². The summed E-state index contributed by atoms with van der Waals surface area (Å²) in [5, 5.41) is 15.3. The van der Waals surface area contributed by atoms with Crippen molar-refractivity contribution in [1.29, 1.82) is 0 Å². The number of hydrogen-bond donors (Lipinski definition) is 1. The molecule has 1 aliphatic rings. The molecule has 2 aromatic rings. The van der Waals surface area contributed by atoms with Gasteiger partial charge in [0.25, 0.3) is 0 Å². The van der Waals surface area contributed by atoms with E-state index in [2.05, 4.69) is 10.1 Å². The highest BCUT2D eigenvalue weighted by Gasteiger charge is 2.36. The molecule has 140 valence electrons. The lowest BCUT2D eigenvalue weighted by Crippen LogP contribution is -2.45. The van der Waals surface area contributed by atoms with Gasteiger partial charge >= 0.3 is 0 Å². The minimum Gasteiger partial charge on any atom is -0.383 e. The zero-order chi connectivity index (χ0) is 18.9. The molecule has 3 heterocycles. The molecule has 1 aliphatic heterocycles. The molecule has 0 spiro atoms. The summed E-state index contributed by atoms with van der Waals surface area (Å²) in [7, 11) is 1.93. The molecule has 0 aliphatic carbocycles. The first kappa shape index (κ1) is 18.6. The highest BCUT2D eigenvalue weighted by atomic mass is 16.3. The van der Waals surface area contributed by atoms with Crippen LogP contribution in [0.2, 0.25) is 0 Å². The summed E-state index contributed by atoms with van der Waals surface area (Å²) >= 11 is 0. The quantitative estimate of drug-likeness (QED) is 0.911. The van der Waals surface area contributed by atoms with E-state index in [1.54, 1.807) is 6.20 Å². The largest absolute Gasteiger partial charge is 0.383 e. The predicted octanol–water partition coefficient (Wildman–Crippen LogP) is 2.18. The van der Waals surface area contributed by atoms with Crippen molar-refractivity contribution < 1.29 is 9.90 Å². The number of likely N-dealkylation sites (tertiary alicyclic amines) is 1. The lowest BCUT2D eigenvalue weighted by molar-refractivity contribution is -0.135. The molecule has 3 rings (SSSR count). The van der Waals surface area contributed by atoms with Gasteiger partial charge in [-0.2, -0.15) is 5.10 Å². The molecular formula is C20H28N4O2. The first-order valence-corrected chi connectivity index (χ1v) is 9.22. The number of carbonyl (C=O) groups excluding carboxylic acids is 1. The maximum Gasteiger partial charge on any atom is 0.222 e. The smallest absolute Gasteiger partial charge is 0.222 e. The van der Waals surface area contributed by atoms with Gasteiger partial charge in [-0.25, -0.2) is 0 Å². The van der Waals surface area contributed by atoms with E-state index in [9.17, 15) is 9.90 Å². The Kier molecular flexibility index (Phi) is 5.14. The molecule has 0 saturated carbocycles. The molecule has 0 unspecified atom stereocenters. The van der Waals surface area contributed by atoms with Crippen LogP contribution in [0.3, 0.4) is 0 Å². The molecule has 1 saturated heterocycles. The van der Waals surface area contributed by atoms with Crippen molar-refractivity contribution >= 4 is 5.91 Å². The lowest BCUT2D eigenvalue weighted by Gasteiger charge is -2.38. The maximum absolute atomic E-state index is 12.6. The fourth-order valence-corrected chi connectivity index (χ4v) is 3.69. The molecule has 1 fully saturated rings. The van der Waals surface area contributed by atoms with Crippen LogP contribution in [0.5, 0.6) is 0 Å². The number of carbonyl (C=O) groups is 1. The summed E-state index contributed by atoms with van der Waals surface area (Å²) in [5.74, 6) is 0.145. The van der Waals surface area contributed by atoms with Crippen LogP contribution >= 0.6 is 0 Å². The predicted molar refractivity (Wildman–Crippen MR) is 99.7 cm³/mol. The molecule has 1 amide bonds. The van der Waals surface area contributed by atoms with Crippen LogP contribution in [0.1, 0.15) is 47.5 Å². The molecule has 6 nitrogen and oxygen atoms in total. The topological polar surface area (TPSA) is 71.2 Å². The summed E-state index contributed by atoms with van der Waals surface area (Å²) in [6.45, 7) is 7.14. The molecule has 0 atom stereocenters. The minimum absolute atomic E-state index is 0.145. The molecular weight excluding hydrogens is 328 g/mol. The van der Waals surface area contributed by atoms with Crippen molar-refractivity contribution in [2.24, 2.45) is 7.05 Å². The summed E-state index contributed by atoms with van der Waals surface area (Å²) in [6.07, 6.45) is 4.03. The van der Waals surface area contributed by atoms with E-state index in [0.29, 0.717) is 44.5 Å². The van der Waals surface area contributed by atoms with Gasteiger partial charge < -0.3 is 10.0 Å². The second kappa shape index (κ2) is 7.19. The van der Waals surface area contributed by atoms with Crippen LogP contribution in [0.25, 0.3) is 0 Å². The van der Waals surface area contributed by atoms with E-state index in [-0.39, 0.29) is 5.91 Å². The Morgan fingerprint density at radius 1 is 1.23 bits per heavy atom. The van der Waals surface area contributed by atoms with Gasteiger partial charge in [0.15, 0.2) is 0 Å². The van der Waals surface area contributed by atoms with Crippen LogP contribution in [0, 0.1) is 20.8 Å². The number of aryl methyl sites for hydroxylation is 3. The summed E-state index contributed by atoms with van der Waals surface area (Å²) < 4.78 is 1.87. The Labute approximate surface area is 154 Å². The fourth-order valence-electron chi connectivity index (χ4n) is 3.69. The van der Waals surface area contributed by atoms with E-state index in [1.807, 2.05) is 49.5 Å². The number of piperidine rings is 1. The molecule has 0 radical (unpaired) electrons. The molecule has 1 N–H and O–H groups in total. The van der Waals surface area contributed by atoms with Crippen molar-refractivity contribution in [1.82, 2.24) is 19.7 Å². The Bertz CT molecular complexity index is 787. The average molecular weight is 356 g/mol. The zero-order valence-corrected chi connectivity index (χ0v) is 16.1. The zero-order valence-electron chi connectivity index (χ0n) is 16.1. The second-order valence-electron chi connectivity index (χ2n) is 7.41. The van der Waals surface area contributed by atoms with Crippen LogP contribution < -0.4 is 0 Å². The Morgan fingerprint density at radius 2 is 1.92 bits per heavy atom. The van der Waals surface area contributed by atoms with Crippen molar-refractivity contribution in [2.75, 3.05) is 13.1 Å². The SMILES string of the molecule is Cc1ccc(C2(O)CCN(C(=O)CCc3c(C)nn(C)c3C)CC2)nc1. The molecule has 0 aromatic carbocycles. The van der Waals surface area contributed by atoms with Gasteiger partial charge in [-0.15, -0.1) is 0 Å². The number of rotatable bonds is 4. The number of hydrogen-bond acceptors (Lipinski definition) is 4. The van der Waals surface area contributed by atoms with Crippen LogP contribution in [0.4, 0.5) is 0 Å². The third-order valence-corrected chi connectivity index (χ3v) is 5.58. The van der Waals surface area contributed by atoms with E-state index in [4.69, 9.17) is 0 Å². The van der Waals surface area contributed by atoms with Gasteiger partial charge in [0.1, 0.15) is 5.60 Å². The van der Waals surface area contributed by atoms with Crippen molar-refractivity contribution in [3.8, 4) is 0 Å². The number of aromatic nitrogens is 3. The van der Waals surface area contributed by atoms with Gasteiger partial charge in [-0.3, -0.25) is 14.5 Å². The third kappa shape index (κ3) is 3.65. The van der Waals surface area contributed by atoms with Gasteiger partial charge in [-0.1, -0.05) is 6.07 Å². The van der Waals surface area contributed by atoms with Crippen molar-refractivity contribution in [3.63, 3.8) is 0 Å². The van der Waals surface area contributed by atoms with E-state index in [1.165, 1.54) is 5.56 Å². The summed E-state index contributed by atoms with van der Waals surface area (Å²) in [5.41, 5.74) is 4.13. The Hall–Kier alpha value is -2.21. The minimum atomic E-state index is -0.930. The van der Waals surface area contributed by atoms with Gasteiger partial charge in [0.2, 0.25) is 5.91 Å². The van der Waals surface area contributed by atoms with Crippen LogP contribution in [0.15, 0.2) is 18.3 Å². The summed E-state index contributed by atoms with van der Waals surface area (Å²) in [4.78, 5) is 18.8. The molecule has 2 aromatic heterocycles. The van der Waals surface area contributed by atoms with Gasteiger partial charge in [0.05, 0.1) is 11.4 Å². The van der Waals surface area contributed by atoms with Gasteiger partial charge in [-0.05, 0) is 57.2 Å². The maximum atomic E-state index is 12.6. The van der Waals surface area contributed by atoms with E-state index >= 15 is 0 Å². The number of nitrogens with zero attached hydrogens (tertiary/aromatic N) is 4. The average Bonchev–Trinajstić information content (AvgIpc) is 2.86. The van der Waals surface area contributed by atoms with E-state index in [0.717, 1.165) is 17.0 Å². The van der Waals surface area contributed by atoms with Crippen molar-refractivity contribution in [2.45, 2.75) is 52.1 Å². The number of amides is 1. The standard InChI is InChI=1S/C20H28N4O2/c1-14-5-7-18(21-13-14)20(26)9-11-24(12-10-20)19(25)8-6-17-15(2)22-23(4)16(17)3/h5,7,13,26H,6,8-12H2,1-4H3. The molecule has 0 bridgehead atoms. The summed E-state index contributed by atoms with van der Waals surface area (Å²) in [6, 6.07) is 3.86. The van der Waals surface area contributed by atoms with Gasteiger partial charge in [0, 0.05) is 38.4 Å². The fraction of sp³-hybridized carbons (Fsp3) is 0.550. The monoisotopic (exact) mass is 356 g/mol.